The number of carbonyl (C=O) groups excluding carboxylic acids is 1. The Balaban J connectivity index is 1.44. The van der Waals surface area contributed by atoms with Crippen molar-refractivity contribution in [2.45, 2.75) is 33.1 Å². The zero-order chi connectivity index (χ0) is 21.4. The van der Waals surface area contributed by atoms with Gasteiger partial charge in [0.1, 0.15) is 11.3 Å². The molecule has 1 aliphatic rings. The average Bonchev–Trinajstić information content (AvgIpc) is 3.41. The van der Waals surface area contributed by atoms with Crippen LogP contribution in [0.15, 0.2) is 47.2 Å². The van der Waals surface area contributed by atoms with Gasteiger partial charge in [0.25, 0.3) is 5.91 Å². The first-order valence-electron chi connectivity index (χ1n) is 10.5. The van der Waals surface area contributed by atoms with Gasteiger partial charge in [-0.15, -0.1) is 0 Å². The standard InChI is InChI=1S/C23H24N6O2/c1-15-6-7-17(22-25-16(2)31-27-22)12-19(15)26-23(30)20-13-24-21-9-8-18(14-29(20)21)28-10-4-3-5-11-28/h6-9,12-14H,3-5,10-11H2,1-2H3,(H,26,30). The lowest BCUT2D eigenvalue weighted by Gasteiger charge is -2.28. The number of aromatic nitrogens is 4. The third kappa shape index (κ3) is 3.76. The van der Waals surface area contributed by atoms with Crippen LogP contribution in [0.4, 0.5) is 11.4 Å². The number of piperidine rings is 1. The van der Waals surface area contributed by atoms with Crippen LogP contribution >= 0.6 is 0 Å². The van der Waals surface area contributed by atoms with E-state index in [1.165, 1.54) is 19.3 Å². The Hall–Kier alpha value is -3.68. The van der Waals surface area contributed by atoms with Gasteiger partial charge in [-0.2, -0.15) is 4.98 Å². The molecule has 1 N–H and O–H groups in total. The number of hydrogen-bond acceptors (Lipinski definition) is 6. The number of imidazole rings is 1. The van der Waals surface area contributed by atoms with Crippen molar-refractivity contribution >= 4 is 22.9 Å². The summed E-state index contributed by atoms with van der Waals surface area (Å²) in [6.45, 7) is 5.78. The first-order valence-corrected chi connectivity index (χ1v) is 10.5. The van der Waals surface area contributed by atoms with E-state index in [1.54, 1.807) is 13.1 Å². The summed E-state index contributed by atoms with van der Waals surface area (Å²) in [7, 11) is 0. The van der Waals surface area contributed by atoms with Crippen molar-refractivity contribution in [3.05, 3.63) is 59.9 Å². The summed E-state index contributed by atoms with van der Waals surface area (Å²) >= 11 is 0. The lowest BCUT2D eigenvalue weighted by atomic mass is 10.1. The lowest BCUT2D eigenvalue weighted by Crippen LogP contribution is -2.29. The van der Waals surface area contributed by atoms with Crippen LogP contribution in [-0.2, 0) is 0 Å². The van der Waals surface area contributed by atoms with Crippen molar-refractivity contribution in [2.75, 3.05) is 23.3 Å². The molecule has 0 aliphatic carbocycles. The van der Waals surface area contributed by atoms with E-state index >= 15 is 0 Å². The van der Waals surface area contributed by atoms with E-state index in [9.17, 15) is 4.79 Å². The Morgan fingerprint density at radius 1 is 1.10 bits per heavy atom. The van der Waals surface area contributed by atoms with Crippen LogP contribution in [0.2, 0.25) is 0 Å². The van der Waals surface area contributed by atoms with E-state index in [-0.39, 0.29) is 5.91 Å². The summed E-state index contributed by atoms with van der Waals surface area (Å²) in [5.41, 5.74) is 4.79. The molecular formula is C23H24N6O2. The molecule has 5 rings (SSSR count). The van der Waals surface area contributed by atoms with E-state index in [0.29, 0.717) is 23.1 Å². The van der Waals surface area contributed by atoms with Gasteiger partial charge in [0, 0.05) is 37.5 Å². The highest BCUT2D eigenvalue weighted by Crippen LogP contribution is 2.25. The van der Waals surface area contributed by atoms with Crippen molar-refractivity contribution in [3.63, 3.8) is 0 Å². The maximum Gasteiger partial charge on any atom is 0.274 e. The van der Waals surface area contributed by atoms with Gasteiger partial charge >= 0.3 is 0 Å². The predicted octanol–water partition coefficient (Wildman–Crippen LogP) is 4.24. The molecule has 1 aromatic carbocycles. The second kappa shape index (κ2) is 7.86. The Labute approximate surface area is 179 Å². The number of aryl methyl sites for hydroxylation is 2. The highest BCUT2D eigenvalue weighted by atomic mass is 16.5. The van der Waals surface area contributed by atoms with Crippen LogP contribution in [0.25, 0.3) is 17.0 Å². The number of anilines is 2. The number of fused-ring (bicyclic) bond motifs is 1. The number of amides is 1. The smallest absolute Gasteiger partial charge is 0.274 e. The number of nitrogens with one attached hydrogen (secondary N) is 1. The number of pyridine rings is 1. The molecule has 0 unspecified atom stereocenters. The van der Waals surface area contributed by atoms with E-state index in [0.717, 1.165) is 35.6 Å². The van der Waals surface area contributed by atoms with Gasteiger partial charge in [0.2, 0.25) is 11.7 Å². The fraction of sp³-hybridized carbons (Fsp3) is 0.304. The average molecular weight is 416 g/mol. The molecule has 1 fully saturated rings. The third-order valence-corrected chi connectivity index (χ3v) is 5.72. The van der Waals surface area contributed by atoms with Gasteiger partial charge in [-0.3, -0.25) is 9.20 Å². The quantitative estimate of drug-likeness (QED) is 0.535. The van der Waals surface area contributed by atoms with Gasteiger partial charge in [0.05, 0.1) is 11.9 Å². The van der Waals surface area contributed by atoms with Gasteiger partial charge in [0.15, 0.2) is 0 Å². The Morgan fingerprint density at radius 3 is 2.71 bits per heavy atom. The summed E-state index contributed by atoms with van der Waals surface area (Å²) in [5.74, 6) is 0.776. The third-order valence-electron chi connectivity index (χ3n) is 5.72. The van der Waals surface area contributed by atoms with E-state index < -0.39 is 0 Å². The van der Waals surface area contributed by atoms with Crippen LogP contribution in [-0.4, -0.2) is 38.5 Å². The number of benzene rings is 1. The molecule has 8 nitrogen and oxygen atoms in total. The summed E-state index contributed by atoms with van der Waals surface area (Å²) < 4.78 is 6.94. The SMILES string of the molecule is Cc1nc(-c2ccc(C)c(NC(=O)c3cnc4ccc(N5CCCCC5)cn34)c2)no1. The summed E-state index contributed by atoms with van der Waals surface area (Å²) in [4.78, 5) is 24.2. The van der Waals surface area contributed by atoms with Crippen molar-refractivity contribution in [1.29, 1.82) is 0 Å². The summed E-state index contributed by atoms with van der Waals surface area (Å²) in [6, 6.07) is 9.74. The molecule has 0 spiro atoms. The normalized spacial score (nSPS) is 14.2. The zero-order valence-electron chi connectivity index (χ0n) is 17.6. The molecule has 1 saturated heterocycles. The molecule has 3 aromatic heterocycles. The molecule has 4 aromatic rings. The van der Waals surface area contributed by atoms with Gasteiger partial charge in [-0.05, 0) is 49.9 Å². The van der Waals surface area contributed by atoms with Gasteiger partial charge in [-0.25, -0.2) is 4.98 Å². The minimum atomic E-state index is -0.215. The Morgan fingerprint density at radius 2 is 1.94 bits per heavy atom. The summed E-state index contributed by atoms with van der Waals surface area (Å²) in [5, 5.41) is 6.98. The Bertz CT molecular complexity index is 1250. The minimum Gasteiger partial charge on any atom is -0.370 e. The maximum absolute atomic E-state index is 13.1. The monoisotopic (exact) mass is 416 g/mol. The van der Waals surface area contributed by atoms with Crippen molar-refractivity contribution in [1.82, 2.24) is 19.5 Å². The highest BCUT2D eigenvalue weighted by molar-refractivity contribution is 6.04. The lowest BCUT2D eigenvalue weighted by molar-refractivity contribution is 0.102. The molecule has 0 bridgehead atoms. The van der Waals surface area contributed by atoms with Crippen molar-refractivity contribution in [2.24, 2.45) is 0 Å². The fourth-order valence-electron chi connectivity index (χ4n) is 3.98. The molecule has 0 radical (unpaired) electrons. The number of hydrogen-bond donors (Lipinski definition) is 1. The molecule has 0 saturated carbocycles. The highest BCUT2D eigenvalue weighted by Gasteiger charge is 2.17. The van der Waals surface area contributed by atoms with Gasteiger partial charge < -0.3 is 14.7 Å². The van der Waals surface area contributed by atoms with Crippen LogP contribution < -0.4 is 10.2 Å². The number of carbonyl (C=O) groups is 1. The van der Waals surface area contributed by atoms with E-state index in [2.05, 4.69) is 31.4 Å². The molecule has 0 atom stereocenters. The molecule has 158 valence electrons. The molecule has 4 heterocycles. The molecular weight excluding hydrogens is 392 g/mol. The maximum atomic E-state index is 13.1. The molecule has 1 amide bonds. The minimum absolute atomic E-state index is 0.215. The largest absolute Gasteiger partial charge is 0.370 e. The second-order valence-electron chi connectivity index (χ2n) is 7.93. The first kappa shape index (κ1) is 19.3. The Kier molecular flexibility index (Phi) is 4.89. The van der Waals surface area contributed by atoms with Crippen LogP contribution in [0.3, 0.4) is 0 Å². The van der Waals surface area contributed by atoms with Crippen LogP contribution in [0, 0.1) is 13.8 Å². The van der Waals surface area contributed by atoms with E-state index in [1.807, 2.05) is 41.8 Å². The molecule has 8 heteroatoms. The number of rotatable bonds is 4. The number of nitrogens with zero attached hydrogens (tertiary/aromatic N) is 5. The van der Waals surface area contributed by atoms with Crippen LogP contribution in [0.5, 0.6) is 0 Å². The van der Waals surface area contributed by atoms with E-state index in [4.69, 9.17) is 4.52 Å². The second-order valence-corrected chi connectivity index (χ2v) is 7.93. The van der Waals surface area contributed by atoms with Crippen LogP contribution in [0.1, 0.15) is 41.2 Å². The van der Waals surface area contributed by atoms with Crippen molar-refractivity contribution < 1.29 is 9.32 Å². The fourth-order valence-corrected chi connectivity index (χ4v) is 3.98. The predicted molar refractivity (Wildman–Crippen MR) is 118 cm³/mol. The topological polar surface area (TPSA) is 88.6 Å². The molecule has 1 aliphatic heterocycles. The zero-order valence-corrected chi connectivity index (χ0v) is 17.6. The van der Waals surface area contributed by atoms with Crippen molar-refractivity contribution in [3.8, 4) is 11.4 Å². The van der Waals surface area contributed by atoms with Gasteiger partial charge in [-0.1, -0.05) is 17.3 Å². The summed E-state index contributed by atoms with van der Waals surface area (Å²) in [6.07, 6.45) is 7.30. The molecule has 31 heavy (non-hydrogen) atoms. The first-order chi connectivity index (χ1) is 15.1.